The van der Waals surface area contributed by atoms with Crippen LogP contribution in [0.2, 0.25) is 0 Å². The number of rotatable bonds is 4. The monoisotopic (exact) mass is 345 g/mol. The van der Waals surface area contributed by atoms with E-state index < -0.39 is 11.3 Å². The van der Waals surface area contributed by atoms with Crippen molar-refractivity contribution in [2.75, 3.05) is 5.32 Å². The van der Waals surface area contributed by atoms with Gasteiger partial charge in [0, 0.05) is 12.3 Å². The molecule has 0 unspecified atom stereocenters. The van der Waals surface area contributed by atoms with Gasteiger partial charge in [0.05, 0.1) is 5.69 Å². The van der Waals surface area contributed by atoms with Crippen molar-refractivity contribution >= 4 is 22.4 Å². The van der Waals surface area contributed by atoms with E-state index in [9.17, 15) is 14.0 Å². The van der Waals surface area contributed by atoms with Crippen LogP contribution in [0.3, 0.4) is 0 Å². The molecule has 3 aromatic rings. The molecule has 24 heavy (non-hydrogen) atoms. The van der Waals surface area contributed by atoms with E-state index in [0.29, 0.717) is 17.2 Å². The van der Waals surface area contributed by atoms with Crippen molar-refractivity contribution in [1.82, 2.24) is 20.0 Å². The average Bonchev–Trinajstić information content (AvgIpc) is 3.03. The number of benzene rings is 1. The zero-order valence-corrected chi connectivity index (χ0v) is 13.4. The van der Waals surface area contributed by atoms with Crippen LogP contribution in [-0.2, 0) is 6.42 Å². The maximum absolute atomic E-state index is 13.0. The predicted molar refractivity (Wildman–Crippen MR) is 87.0 cm³/mol. The normalized spacial score (nSPS) is 10.6. The van der Waals surface area contributed by atoms with Gasteiger partial charge in [-0.15, -0.1) is 10.2 Å². The summed E-state index contributed by atoms with van der Waals surface area (Å²) in [5.41, 5.74) is -0.282. The van der Waals surface area contributed by atoms with Crippen molar-refractivity contribution in [3.05, 3.63) is 63.3 Å². The molecule has 0 atom stereocenters. The Morgan fingerprint density at radius 1 is 1.25 bits per heavy atom. The summed E-state index contributed by atoms with van der Waals surface area (Å²) < 4.78 is 14.3. The number of amides is 1. The largest absolute Gasteiger partial charge is 0.295 e. The summed E-state index contributed by atoms with van der Waals surface area (Å²) in [7, 11) is 0. The third-order valence-corrected chi connectivity index (χ3v) is 4.09. The summed E-state index contributed by atoms with van der Waals surface area (Å²) in [6, 6.07) is 6.74. The highest BCUT2D eigenvalue weighted by Crippen LogP contribution is 2.15. The van der Waals surface area contributed by atoms with Gasteiger partial charge in [-0.25, -0.2) is 9.07 Å². The molecule has 0 bridgehead atoms. The van der Waals surface area contributed by atoms with Crippen molar-refractivity contribution in [3.63, 3.8) is 0 Å². The van der Waals surface area contributed by atoms with Crippen LogP contribution in [-0.4, -0.2) is 25.9 Å². The Kier molecular flexibility index (Phi) is 4.43. The molecule has 122 valence electrons. The van der Waals surface area contributed by atoms with Crippen LogP contribution in [0.1, 0.15) is 22.4 Å². The standard InChI is InChI=1S/C15H12FN5O2S/c1-2-12-18-19-15(24-12)17-14(23)13-11(22)7-8-21(20-13)10-5-3-9(16)4-6-10/h3-8H,2H2,1H3,(H,17,19,23). The molecule has 0 radical (unpaired) electrons. The molecular formula is C15H12FN5O2S. The Morgan fingerprint density at radius 2 is 2.00 bits per heavy atom. The van der Waals surface area contributed by atoms with E-state index in [1.807, 2.05) is 6.92 Å². The molecular weight excluding hydrogens is 333 g/mol. The average molecular weight is 345 g/mol. The minimum absolute atomic E-state index is 0.282. The summed E-state index contributed by atoms with van der Waals surface area (Å²) in [6.45, 7) is 1.92. The Labute approximate surface area is 139 Å². The summed E-state index contributed by atoms with van der Waals surface area (Å²) >= 11 is 1.23. The number of carbonyl (C=O) groups is 1. The molecule has 0 aliphatic heterocycles. The van der Waals surface area contributed by atoms with Crippen LogP contribution in [0.25, 0.3) is 5.69 Å². The maximum atomic E-state index is 13.0. The van der Waals surface area contributed by atoms with E-state index in [-0.39, 0.29) is 11.5 Å². The molecule has 1 N–H and O–H groups in total. The molecule has 2 aromatic heterocycles. The molecule has 2 heterocycles. The fourth-order valence-corrected chi connectivity index (χ4v) is 2.58. The van der Waals surface area contributed by atoms with Gasteiger partial charge in [-0.1, -0.05) is 18.3 Å². The molecule has 0 saturated heterocycles. The lowest BCUT2D eigenvalue weighted by Crippen LogP contribution is -2.25. The zero-order valence-electron chi connectivity index (χ0n) is 12.6. The summed E-state index contributed by atoms with van der Waals surface area (Å²) in [5, 5.41) is 15.3. The molecule has 1 aromatic carbocycles. The lowest BCUT2D eigenvalue weighted by Gasteiger charge is -2.06. The second-order valence-corrected chi connectivity index (χ2v) is 5.82. The van der Waals surface area contributed by atoms with E-state index in [0.717, 1.165) is 5.01 Å². The molecule has 7 nitrogen and oxygen atoms in total. The smallest absolute Gasteiger partial charge is 0.282 e. The van der Waals surface area contributed by atoms with E-state index in [1.54, 1.807) is 0 Å². The van der Waals surface area contributed by atoms with Gasteiger partial charge in [0.1, 0.15) is 10.8 Å². The fourth-order valence-electron chi connectivity index (χ4n) is 1.91. The minimum atomic E-state index is -0.671. The first kappa shape index (κ1) is 15.9. The van der Waals surface area contributed by atoms with Gasteiger partial charge in [0.2, 0.25) is 10.6 Å². The van der Waals surface area contributed by atoms with Crippen molar-refractivity contribution in [3.8, 4) is 5.69 Å². The number of anilines is 1. The number of nitrogens with one attached hydrogen (secondary N) is 1. The second-order valence-electron chi connectivity index (χ2n) is 4.76. The summed E-state index contributed by atoms with van der Waals surface area (Å²) in [5.74, 6) is -1.06. The van der Waals surface area contributed by atoms with E-state index >= 15 is 0 Å². The first-order valence-electron chi connectivity index (χ1n) is 7.06. The predicted octanol–water partition coefficient (Wildman–Crippen LogP) is 2.04. The Bertz CT molecular complexity index is 936. The van der Waals surface area contributed by atoms with Crippen molar-refractivity contribution < 1.29 is 9.18 Å². The lowest BCUT2D eigenvalue weighted by atomic mass is 10.3. The van der Waals surface area contributed by atoms with Gasteiger partial charge in [0.25, 0.3) is 5.91 Å². The molecule has 0 spiro atoms. The Hall–Kier alpha value is -2.94. The molecule has 9 heteroatoms. The molecule has 0 aliphatic carbocycles. The fraction of sp³-hybridized carbons (Fsp3) is 0.133. The van der Waals surface area contributed by atoms with Gasteiger partial charge in [0.15, 0.2) is 5.69 Å². The van der Waals surface area contributed by atoms with Crippen molar-refractivity contribution in [2.24, 2.45) is 0 Å². The molecule has 0 aliphatic rings. The number of carbonyl (C=O) groups excluding carboxylic acids is 1. The number of hydrogen-bond donors (Lipinski definition) is 1. The van der Waals surface area contributed by atoms with Gasteiger partial charge in [-0.05, 0) is 30.7 Å². The van der Waals surface area contributed by atoms with Crippen LogP contribution in [0, 0.1) is 5.82 Å². The quantitative estimate of drug-likeness (QED) is 0.781. The van der Waals surface area contributed by atoms with Gasteiger partial charge < -0.3 is 0 Å². The van der Waals surface area contributed by atoms with E-state index in [4.69, 9.17) is 0 Å². The number of halogens is 1. The zero-order chi connectivity index (χ0) is 17.1. The Balaban J connectivity index is 1.89. The Morgan fingerprint density at radius 3 is 2.67 bits per heavy atom. The highest BCUT2D eigenvalue weighted by Gasteiger charge is 2.15. The second kappa shape index (κ2) is 6.67. The van der Waals surface area contributed by atoms with Crippen LogP contribution in [0.15, 0.2) is 41.3 Å². The first-order valence-corrected chi connectivity index (χ1v) is 7.88. The number of nitrogens with zero attached hydrogens (tertiary/aromatic N) is 4. The van der Waals surface area contributed by atoms with Crippen molar-refractivity contribution in [2.45, 2.75) is 13.3 Å². The lowest BCUT2D eigenvalue weighted by molar-refractivity contribution is 0.101. The highest BCUT2D eigenvalue weighted by atomic mass is 32.1. The summed E-state index contributed by atoms with van der Waals surface area (Å²) in [6.07, 6.45) is 2.11. The third kappa shape index (κ3) is 3.35. The van der Waals surface area contributed by atoms with E-state index in [1.165, 1.54) is 52.5 Å². The third-order valence-electron chi connectivity index (χ3n) is 3.10. The SMILES string of the molecule is CCc1nnc(NC(=O)c2nn(-c3ccc(F)cc3)ccc2=O)s1. The van der Waals surface area contributed by atoms with Crippen LogP contribution < -0.4 is 10.7 Å². The molecule has 0 saturated carbocycles. The first-order chi connectivity index (χ1) is 11.6. The van der Waals surface area contributed by atoms with Crippen LogP contribution in [0.5, 0.6) is 0 Å². The van der Waals surface area contributed by atoms with Gasteiger partial charge in [-0.3, -0.25) is 14.9 Å². The number of aromatic nitrogens is 4. The van der Waals surface area contributed by atoms with E-state index in [2.05, 4.69) is 20.6 Å². The minimum Gasteiger partial charge on any atom is -0.295 e. The van der Waals surface area contributed by atoms with Crippen LogP contribution in [0.4, 0.5) is 9.52 Å². The van der Waals surface area contributed by atoms with Gasteiger partial charge in [-0.2, -0.15) is 5.10 Å². The molecule has 0 fully saturated rings. The highest BCUT2D eigenvalue weighted by molar-refractivity contribution is 7.15. The topological polar surface area (TPSA) is 89.8 Å². The number of aryl methyl sites for hydroxylation is 1. The van der Waals surface area contributed by atoms with Crippen LogP contribution >= 0.6 is 11.3 Å². The summed E-state index contributed by atoms with van der Waals surface area (Å²) in [4.78, 5) is 24.2. The maximum Gasteiger partial charge on any atom is 0.282 e. The molecule has 3 rings (SSSR count). The van der Waals surface area contributed by atoms with Crippen molar-refractivity contribution in [1.29, 1.82) is 0 Å². The number of hydrogen-bond acceptors (Lipinski definition) is 6. The van der Waals surface area contributed by atoms with Gasteiger partial charge >= 0.3 is 0 Å². The molecule has 1 amide bonds.